The number of carboxylic acid groups (broad SMARTS) is 1. The number of nitrogens with zero attached hydrogens (tertiary/aromatic N) is 3. The maximum Gasteiger partial charge on any atom is 0.353 e. The van der Waals surface area contributed by atoms with Crippen LogP contribution < -0.4 is 5.14 Å². The highest BCUT2D eigenvalue weighted by Gasteiger charge is 2.41. The number of carboxylic acids is 1. The number of aliphatic carboxylic acids is 1. The minimum Gasteiger partial charge on any atom is -0.477 e. The molecular formula is C23H22N4O4S. The van der Waals surface area contributed by atoms with Crippen LogP contribution in [0.4, 0.5) is 0 Å². The molecule has 2 aromatic carbocycles. The number of aromatic nitrogens is 1. The van der Waals surface area contributed by atoms with Gasteiger partial charge < -0.3 is 10.1 Å². The van der Waals surface area contributed by atoms with Crippen molar-refractivity contribution < 1.29 is 18.3 Å². The van der Waals surface area contributed by atoms with Crippen molar-refractivity contribution in [2.45, 2.75) is 17.5 Å². The molecule has 8 nitrogen and oxygen atoms in total. The molecule has 4 rings (SSSR count). The molecule has 0 saturated carbocycles. The van der Waals surface area contributed by atoms with Gasteiger partial charge >= 0.3 is 5.97 Å². The number of hydrogen-bond donors (Lipinski definition) is 2. The Morgan fingerprint density at radius 1 is 1.03 bits per heavy atom. The first-order chi connectivity index (χ1) is 15.3. The first kappa shape index (κ1) is 21.7. The van der Waals surface area contributed by atoms with Crippen molar-refractivity contribution in [1.82, 2.24) is 15.0 Å². The van der Waals surface area contributed by atoms with Crippen molar-refractivity contribution in [3.8, 4) is 0 Å². The van der Waals surface area contributed by atoms with E-state index in [-0.39, 0.29) is 10.6 Å². The summed E-state index contributed by atoms with van der Waals surface area (Å²) in [5, 5.41) is 18.9. The summed E-state index contributed by atoms with van der Waals surface area (Å²) in [5.74, 6) is -1.08. The van der Waals surface area contributed by atoms with E-state index in [1.54, 1.807) is 36.6 Å². The van der Waals surface area contributed by atoms with Crippen LogP contribution in [0.5, 0.6) is 0 Å². The van der Waals surface area contributed by atoms with E-state index in [0.29, 0.717) is 17.7 Å². The molecule has 0 saturated heterocycles. The molecular weight excluding hydrogens is 428 g/mol. The van der Waals surface area contributed by atoms with Gasteiger partial charge in [0.1, 0.15) is 5.70 Å². The van der Waals surface area contributed by atoms with Crippen molar-refractivity contribution in [2.24, 2.45) is 5.14 Å². The van der Waals surface area contributed by atoms with Gasteiger partial charge in [-0.05, 0) is 41.0 Å². The highest BCUT2D eigenvalue weighted by Crippen LogP contribution is 2.45. The molecule has 0 radical (unpaired) electrons. The highest BCUT2D eigenvalue weighted by atomic mass is 32.2. The van der Waals surface area contributed by atoms with Gasteiger partial charge in [-0.25, -0.2) is 23.4 Å². The zero-order valence-electron chi connectivity index (χ0n) is 17.3. The summed E-state index contributed by atoms with van der Waals surface area (Å²) >= 11 is 0. The van der Waals surface area contributed by atoms with Gasteiger partial charge in [0, 0.05) is 31.6 Å². The van der Waals surface area contributed by atoms with Crippen LogP contribution in [0.25, 0.3) is 5.57 Å². The Morgan fingerprint density at radius 2 is 1.66 bits per heavy atom. The minimum atomic E-state index is -3.86. The fourth-order valence-electron chi connectivity index (χ4n) is 3.98. The van der Waals surface area contributed by atoms with Crippen LogP contribution in [0.1, 0.15) is 22.7 Å². The van der Waals surface area contributed by atoms with Gasteiger partial charge in [-0.1, -0.05) is 42.5 Å². The summed E-state index contributed by atoms with van der Waals surface area (Å²) in [7, 11) is -2.15. The lowest BCUT2D eigenvalue weighted by Crippen LogP contribution is -2.37. The number of nitrogens with two attached hydrogens (primary N) is 1. The van der Waals surface area contributed by atoms with Crippen LogP contribution in [-0.2, 0) is 21.4 Å². The zero-order valence-corrected chi connectivity index (χ0v) is 18.1. The molecule has 1 aliphatic rings. The third kappa shape index (κ3) is 4.13. The van der Waals surface area contributed by atoms with Gasteiger partial charge in [0.2, 0.25) is 10.0 Å². The zero-order chi connectivity index (χ0) is 22.9. The van der Waals surface area contributed by atoms with Crippen molar-refractivity contribution in [1.29, 1.82) is 0 Å². The summed E-state index contributed by atoms with van der Waals surface area (Å²) in [6.45, 7) is 0.472. The molecule has 9 heteroatoms. The van der Waals surface area contributed by atoms with E-state index in [9.17, 15) is 18.3 Å². The highest BCUT2D eigenvalue weighted by molar-refractivity contribution is 7.89. The second kappa shape index (κ2) is 8.54. The second-order valence-corrected chi connectivity index (χ2v) is 8.99. The maximum atomic E-state index is 12.3. The van der Waals surface area contributed by atoms with Crippen molar-refractivity contribution in [3.05, 3.63) is 102 Å². The molecule has 1 aromatic heterocycles. The van der Waals surface area contributed by atoms with E-state index < -0.39 is 22.0 Å². The lowest BCUT2D eigenvalue weighted by Gasteiger charge is -2.33. The summed E-state index contributed by atoms with van der Waals surface area (Å²) in [5.41, 5.74) is 3.16. The van der Waals surface area contributed by atoms with Gasteiger partial charge in [-0.3, -0.25) is 4.98 Å². The Kier molecular flexibility index (Phi) is 5.79. The monoisotopic (exact) mass is 450 g/mol. The molecule has 32 heavy (non-hydrogen) atoms. The normalized spacial score (nSPS) is 17.1. The van der Waals surface area contributed by atoms with Crippen LogP contribution in [0, 0.1) is 0 Å². The number of rotatable bonds is 6. The molecule has 1 atom stereocenters. The molecule has 164 valence electrons. The number of hydrogen-bond acceptors (Lipinski definition) is 6. The lowest BCUT2D eigenvalue weighted by atomic mass is 9.92. The summed E-state index contributed by atoms with van der Waals surface area (Å²) in [6, 6.07) is 19.0. The third-order valence-corrected chi connectivity index (χ3v) is 6.37. The first-order valence-electron chi connectivity index (χ1n) is 9.82. The van der Waals surface area contributed by atoms with E-state index in [2.05, 4.69) is 4.98 Å². The number of benzene rings is 2. The van der Waals surface area contributed by atoms with Gasteiger partial charge in [0.25, 0.3) is 0 Å². The molecule has 0 aliphatic carbocycles. The Bertz CT molecular complexity index is 1260. The number of likely N-dealkylation sites (N-methyl/N-ethyl adjacent to an activating group) is 1. The van der Waals surface area contributed by atoms with Crippen molar-refractivity contribution >= 4 is 21.6 Å². The number of carbonyl (C=O) groups is 1. The van der Waals surface area contributed by atoms with Gasteiger partial charge in [-0.2, -0.15) is 0 Å². The molecule has 1 aliphatic heterocycles. The third-order valence-electron chi connectivity index (χ3n) is 5.44. The molecule has 0 fully saturated rings. The summed E-state index contributed by atoms with van der Waals surface area (Å²) in [4.78, 5) is 16.4. The smallest absolute Gasteiger partial charge is 0.353 e. The SMILES string of the molecule is CN1C(C(=O)O)=C(c2ccc(S(N)(=O)=O)cc2)C(c2ccncc2)N1Cc1ccccc1. The number of primary sulfonamides is 1. The van der Waals surface area contributed by atoms with Crippen molar-refractivity contribution in [3.63, 3.8) is 0 Å². The predicted molar refractivity (Wildman–Crippen MR) is 119 cm³/mol. The predicted octanol–water partition coefficient (Wildman–Crippen LogP) is 2.63. The van der Waals surface area contributed by atoms with Crippen LogP contribution in [0.2, 0.25) is 0 Å². The molecule has 3 aromatic rings. The minimum absolute atomic E-state index is 0.0355. The number of hydrazine groups is 1. The van der Waals surface area contributed by atoms with E-state index in [4.69, 9.17) is 5.14 Å². The lowest BCUT2D eigenvalue weighted by molar-refractivity contribution is -0.136. The topological polar surface area (TPSA) is 117 Å². The van der Waals surface area contributed by atoms with Crippen molar-refractivity contribution in [2.75, 3.05) is 7.05 Å². The van der Waals surface area contributed by atoms with Crippen LogP contribution in [-0.4, -0.2) is 41.5 Å². The maximum absolute atomic E-state index is 12.3. The summed E-state index contributed by atoms with van der Waals surface area (Å²) in [6.07, 6.45) is 3.33. The molecule has 2 heterocycles. The van der Waals surface area contributed by atoms with Gasteiger partial charge in [0.15, 0.2) is 0 Å². The Morgan fingerprint density at radius 3 is 2.22 bits per heavy atom. The van der Waals surface area contributed by atoms with E-state index in [1.165, 1.54) is 12.1 Å². The number of sulfonamides is 1. The fourth-order valence-corrected chi connectivity index (χ4v) is 4.49. The fraction of sp³-hybridized carbons (Fsp3) is 0.130. The standard InChI is InChI=1S/C23H22N4O4S/c1-26-22(23(28)29)20(17-7-9-19(10-8-17)32(24,30)31)21(18-11-13-25-14-12-18)27(26)15-16-5-3-2-4-6-16/h2-14,21H,15H2,1H3,(H,28,29)(H2,24,30,31). The van der Waals surface area contributed by atoms with Crippen LogP contribution >= 0.6 is 0 Å². The van der Waals surface area contributed by atoms with Gasteiger partial charge in [0.05, 0.1) is 10.9 Å². The average Bonchev–Trinajstić information content (AvgIpc) is 3.07. The van der Waals surface area contributed by atoms with E-state index >= 15 is 0 Å². The van der Waals surface area contributed by atoms with Gasteiger partial charge in [-0.15, -0.1) is 0 Å². The molecule has 3 N–H and O–H groups in total. The Balaban J connectivity index is 1.87. The average molecular weight is 451 g/mol. The van der Waals surface area contributed by atoms with Crippen LogP contribution in [0.3, 0.4) is 0 Å². The molecule has 0 bridgehead atoms. The van der Waals surface area contributed by atoms with E-state index in [1.807, 2.05) is 47.5 Å². The number of pyridine rings is 1. The Hall–Kier alpha value is -3.53. The molecule has 0 amide bonds. The quantitative estimate of drug-likeness (QED) is 0.593. The molecule has 1 unspecified atom stereocenters. The van der Waals surface area contributed by atoms with Crippen LogP contribution in [0.15, 0.2) is 89.7 Å². The Labute approximate surface area is 186 Å². The molecule has 0 spiro atoms. The van der Waals surface area contributed by atoms with E-state index in [0.717, 1.165) is 11.1 Å². The summed E-state index contributed by atoms with van der Waals surface area (Å²) < 4.78 is 23.4. The second-order valence-electron chi connectivity index (χ2n) is 7.43. The first-order valence-corrected chi connectivity index (χ1v) is 11.4. The largest absolute Gasteiger partial charge is 0.477 e.